The van der Waals surface area contributed by atoms with E-state index in [1.165, 1.54) is 12.8 Å². The topological polar surface area (TPSA) is 84.0 Å². The molecular formula is C20H24N6O. The summed E-state index contributed by atoms with van der Waals surface area (Å²) in [6, 6.07) is 6.13. The minimum atomic E-state index is 0.479. The van der Waals surface area contributed by atoms with Crippen LogP contribution in [0, 0.1) is 12.8 Å². The summed E-state index contributed by atoms with van der Waals surface area (Å²) >= 11 is 0. The van der Waals surface area contributed by atoms with Crippen LogP contribution in [0.4, 0.5) is 0 Å². The van der Waals surface area contributed by atoms with E-state index in [-0.39, 0.29) is 0 Å². The molecule has 2 N–H and O–H groups in total. The van der Waals surface area contributed by atoms with Crippen LogP contribution in [-0.4, -0.2) is 31.3 Å². The Morgan fingerprint density at radius 3 is 2.93 bits per heavy atom. The van der Waals surface area contributed by atoms with E-state index in [1.807, 2.05) is 29.8 Å². The molecule has 27 heavy (non-hydrogen) atoms. The largest absolute Gasteiger partial charge is 0.465 e. The van der Waals surface area contributed by atoms with Crippen molar-refractivity contribution in [3.05, 3.63) is 47.9 Å². The highest BCUT2D eigenvalue weighted by atomic mass is 16.3. The highest BCUT2D eigenvalue weighted by molar-refractivity contribution is 5.92. The molecule has 4 aromatic heterocycles. The summed E-state index contributed by atoms with van der Waals surface area (Å²) in [6.07, 6.45) is 8.43. The van der Waals surface area contributed by atoms with E-state index in [1.54, 1.807) is 6.33 Å². The highest BCUT2D eigenvalue weighted by Gasteiger charge is 2.26. The molecule has 0 spiro atoms. The Labute approximate surface area is 157 Å². The van der Waals surface area contributed by atoms with Gasteiger partial charge in [-0.3, -0.25) is 0 Å². The van der Waals surface area contributed by atoms with Crippen molar-refractivity contribution in [1.82, 2.24) is 30.1 Å². The van der Waals surface area contributed by atoms with Crippen molar-refractivity contribution >= 4 is 16.6 Å². The molecule has 4 aromatic rings. The molecule has 0 aromatic carbocycles. The SMILES string of the molecule is Cc1ccc(CNC[C@H]2CC[C@H](c3nnn4cnc5[nH]ccc5c34)CC2)o1. The maximum atomic E-state index is 5.62. The van der Waals surface area contributed by atoms with Crippen molar-refractivity contribution < 1.29 is 4.42 Å². The van der Waals surface area contributed by atoms with E-state index < -0.39 is 0 Å². The summed E-state index contributed by atoms with van der Waals surface area (Å²) < 4.78 is 7.43. The van der Waals surface area contributed by atoms with Crippen LogP contribution in [0.1, 0.15) is 48.8 Å². The number of hydrogen-bond acceptors (Lipinski definition) is 5. The van der Waals surface area contributed by atoms with Gasteiger partial charge in [0.1, 0.15) is 29.0 Å². The van der Waals surface area contributed by atoms with E-state index in [9.17, 15) is 0 Å². The van der Waals surface area contributed by atoms with Gasteiger partial charge in [0.05, 0.1) is 12.2 Å². The van der Waals surface area contributed by atoms with E-state index >= 15 is 0 Å². The predicted molar refractivity (Wildman–Crippen MR) is 102 cm³/mol. The molecule has 0 bridgehead atoms. The van der Waals surface area contributed by atoms with Crippen molar-refractivity contribution in [3.8, 4) is 0 Å². The van der Waals surface area contributed by atoms with E-state index in [0.29, 0.717) is 11.8 Å². The number of furan rings is 1. The fourth-order valence-corrected chi connectivity index (χ4v) is 4.31. The van der Waals surface area contributed by atoms with Crippen LogP contribution in [0.3, 0.4) is 0 Å². The number of hydrogen-bond donors (Lipinski definition) is 2. The van der Waals surface area contributed by atoms with Crippen LogP contribution < -0.4 is 5.32 Å². The van der Waals surface area contributed by atoms with Crippen LogP contribution in [0.25, 0.3) is 16.6 Å². The predicted octanol–water partition coefficient (Wildman–Crippen LogP) is 3.57. The highest BCUT2D eigenvalue weighted by Crippen LogP contribution is 2.37. The van der Waals surface area contributed by atoms with Crippen molar-refractivity contribution in [2.75, 3.05) is 6.54 Å². The van der Waals surface area contributed by atoms with Crippen molar-refractivity contribution in [2.45, 2.75) is 45.1 Å². The third-order valence-corrected chi connectivity index (χ3v) is 5.76. The number of H-pyrrole nitrogens is 1. The number of fused-ring (bicyclic) bond motifs is 3. The van der Waals surface area contributed by atoms with Gasteiger partial charge in [-0.25, -0.2) is 9.50 Å². The number of aromatic amines is 1. The normalized spacial score (nSPS) is 20.6. The summed E-state index contributed by atoms with van der Waals surface area (Å²) in [5.41, 5.74) is 3.13. The zero-order chi connectivity index (χ0) is 18.2. The Balaban J connectivity index is 1.23. The molecule has 1 saturated carbocycles. The molecule has 7 heteroatoms. The van der Waals surface area contributed by atoms with Crippen LogP contribution in [0.2, 0.25) is 0 Å². The lowest BCUT2D eigenvalue weighted by molar-refractivity contribution is 0.308. The molecule has 0 saturated heterocycles. The minimum absolute atomic E-state index is 0.479. The van der Waals surface area contributed by atoms with E-state index in [2.05, 4.69) is 31.7 Å². The summed E-state index contributed by atoms with van der Waals surface area (Å²) in [5.74, 6) is 3.18. The zero-order valence-electron chi connectivity index (χ0n) is 15.5. The number of nitrogens with one attached hydrogen (secondary N) is 2. The molecule has 0 unspecified atom stereocenters. The van der Waals surface area contributed by atoms with Crippen LogP contribution in [0.5, 0.6) is 0 Å². The van der Waals surface area contributed by atoms with E-state index in [4.69, 9.17) is 4.42 Å². The Morgan fingerprint density at radius 2 is 2.11 bits per heavy atom. The number of aryl methyl sites for hydroxylation is 1. The summed E-state index contributed by atoms with van der Waals surface area (Å²) in [7, 11) is 0. The molecule has 0 aliphatic heterocycles. The smallest absolute Gasteiger partial charge is 0.141 e. The zero-order valence-corrected chi connectivity index (χ0v) is 15.5. The summed E-state index contributed by atoms with van der Waals surface area (Å²) in [6.45, 7) is 3.83. The maximum absolute atomic E-state index is 5.62. The van der Waals surface area contributed by atoms with Gasteiger partial charge < -0.3 is 14.7 Å². The van der Waals surface area contributed by atoms with E-state index in [0.717, 1.165) is 59.7 Å². The van der Waals surface area contributed by atoms with Gasteiger partial charge in [-0.05, 0) is 63.3 Å². The third kappa shape index (κ3) is 3.12. The fraction of sp³-hybridized carbons (Fsp3) is 0.450. The van der Waals surface area contributed by atoms with Crippen molar-refractivity contribution in [3.63, 3.8) is 0 Å². The van der Waals surface area contributed by atoms with Gasteiger partial charge >= 0.3 is 0 Å². The van der Waals surface area contributed by atoms with Gasteiger partial charge in [-0.1, -0.05) is 5.21 Å². The molecule has 1 aliphatic rings. The second-order valence-electron chi connectivity index (χ2n) is 7.61. The second-order valence-corrected chi connectivity index (χ2v) is 7.61. The lowest BCUT2D eigenvalue weighted by Crippen LogP contribution is -2.25. The van der Waals surface area contributed by atoms with Gasteiger partial charge in [0.15, 0.2) is 0 Å². The van der Waals surface area contributed by atoms with Gasteiger partial charge in [-0.15, -0.1) is 5.10 Å². The first-order chi connectivity index (χ1) is 13.3. The molecule has 7 nitrogen and oxygen atoms in total. The summed E-state index contributed by atoms with van der Waals surface area (Å²) in [5, 5.41) is 13.5. The Bertz CT molecular complexity index is 1050. The molecule has 140 valence electrons. The molecule has 5 rings (SSSR count). The molecule has 0 radical (unpaired) electrons. The van der Waals surface area contributed by atoms with Crippen molar-refractivity contribution in [1.29, 1.82) is 0 Å². The maximum Gasteiger partial charge on any atom is 0.141 e. The van der Waals surface area contributed by atoms with Crippen LogP contribution >= 0.6 is 0 Å². The molecule has 0 amide bonds. The number of aromatic nitrogens is 5. The molecule has 0 atom stereocenters. The molecule has 1 fully saturated rings. The first kappa shape index (κ1) is 16.5. The molecule has 1 aliphatic carbocycles. The Hall–Kier alpha value is -2.67. The van der Waals surface area contributed by atoms with Crippen LogP contribution in [0.15, 0.2) is 35.1 Å². The average molecular weight is 364 g/mol. The first-order valence-electron chi connectivity index (χ1n) is 9.71. The van der Waals surface area contributed by atoms with Gasteiger partial charge in [0.25, 0.3) is 0 Å². The lowest BCUT2D eigenvalue weighted by Gasteiger charge is -2.27. The quantitative estimate of drug-likeness (QED) is 0.565. The first-order valence-corrected chi connectivity index (χ1v) is 9.71. The second kappa shape index (κ2) is 6.81. The summed E-state index contributed by atoms with van der Waals surface area (Å²) in [4.78, 5) is 7.57. The van der Waals surface area contributed by atoms with Gasteiger partial charge in [0.2, 0.25) is 0 Å². The van der Waals surface area contributed by atoms with Gasteiger partial charge in [-0.2, -0.15) is 0 Å². The number of nitrogens with zero attached hydrogens (tertiary/aromatic N) is 4. The fourth-order valence-electron chi connectivity index (χ4n) is 4.31. The van der Waals surface area contributed by atoms with Crippen LogP contribution in [-0.2, 0) is 6.54 Å². The average Bonchev–Trinajstić information content (AvgIpc) is 3.40. The standard InChI is InChI=1S/C20H24N6O/c1-13-2-7-16(27-13)11-21-10-14-3-5-15(6-4-14)18-19-17-8-9-22-20(17)23-12-26(19)25-24-18/h2,7-9,12,14-15,21-22H,3-6,10-11H2,1H3/t14-,15-. The number of rotatable bonds is 5. The Kier molecular flexibility index (Phi) is 4.16. The minimum Gasteiger partial charge on any atom is -0.465 e. The third-order valence-electron chi connectivity index (χ3n) is 5.76. The van der Waals surface area contributed by atoms with Gasteiger partial charge in [0, 0.05) is 17.5 Å². The Morgan fingerprint density at radius 1 is 1.22 bits per heavy atom. The molecular weight excluding hydrogens is 340 g/mol. The monoisotopic (exact) mass is 364 g/mol. The van der Waals surface area contributed by atoms with Crippen molar-refractivity contribution in [2.24, 2.45) is 5.92 Å². The molecule has 4 heterocycles. The lowest BCUT2D eigenvalue weighted by atomic mass is 9.80.